The molecule has 1 aliphatic rings. The summed E-state index contributed by atoms with van der Waals surface area (Å²) in [6.07, 6.45) is -4.67. The fraction of sp³-hybridized carbons (Fsp3) is 0.500. The van der Waals surface area contributed by atoms with Gasteiger partial charge in [0.2, 0.25) is 0 Å². The fourth-order valence-electron chi connectivity index (χ4n) is 2.33. The van der Waals surface area contributed by atoms with E-state index in [1.54, 1.807) is 0 Å². The van der Waals surface area contributed by atoms with Gasteiger partial charge in [0, 0.05) is 12.2 Å². The molecule has 1 aliphatic heterocycles. The zero-order valence-corrected chi connectivity index (χ0v) is 10.3. The molecule has 1 aromatic heterocycles. The van der Waals surface area contributed by atoms with E-state index in [0.29, 0.717) is 18.4 Å². The molecule has 8 heteroatoms. The summed E-state index contributed by atoms with van der Waals surface area (Å²) in [7, 11) is 0. The Kier molecular flexibility index (Phi) is 3.85. The first-order valence-electron chi connectivity index (χ1n) is 6.00. The summed E-state index contributed by atoms with van der Waals surface area (Å²) in [4.78, 5) is 15.3. The van der Waals surface area contributed by atoms with Gasteiger partial charge in [0.05, 0.1) is 0 Å². The number of nitrogens with zero attached hydrogens (tertiary/aromatic N) is 2. The first-order chi connectivity index (χ1) is 9.29. The second kappa shape index (κ2) is 5.28. The summed E-state index contributed by atoms with van der Waals surface area (Å²) >= 11 is 0. The van der Waals surface area contributed by atoms with Crippen molar-refractivity contribution in [1.82, 2.24) is 9.88 Å². The van der Waals surface area contributed by atoms with Gasteiger partial charge in [-0.2, -0.15) is 13.2 Å². The van der Waals surface area contributed by atoms with Crippen LogP contribution in [0.25, 0.3) is 0 Å². The maximum Gasteiger partial charge on any atom is 0.433 e. The molecule has 1 saturated heterocycles. The van der Waals surface area contributed by atoms with Crippen LogP contribution in [0.1, 0.15) is 24.1 Å². The van der Waals surface area contributed by atoms with Gasteiger partial charge >= 0.3 is 12.3 Å². The van der Waals surface area contributed by atoms with Crippen LogP contribution in [0.3, 0.4) is 0 Å². The van der Waals surface area contributed by atoms with E-state index in [1.165, 1.54) is 6.07 Å². The summed E-state index contributed by atoms with van der Waals surface area (Å²) in [6, 6.07) is 1.70. The number of alkyl halides is 3. The Labute approximate surface area is 112 Å². The summed E-state index contributed by atoms with van der Waals surface area (Å²) in [5.41, 5.74) is -0.480. The van der Waals surface area contributed by atoms with Crippen LogP contribution in [0.4, 0.5) is 18.0 Å². The maximum atomic E-state index is 12.4. The molecule has 1 aromatic rings. The van der Waals surface area contributed by atoms with Gasteiger partial charge in [0.25, 0.3) is 0 Å². The normalized spacial score (nSPS) is 23.1. The zero-order valence-electron chi connectivity index (χ0n) is 10.3. The molecule has 0 saturated carbocycles. The molecule has 5 nitrogen and oxygen atoms in total. The average molecular weight is 290 g/mol. The number of amides is 1. The molecule has 0 bridgehead atoms. The van der Waals surface area contributed by atoms with Gasteiger partial charge < -0.3 is 10.2 Å². The van der Waals surface area contributed by atoms with Crippen LogP contribution in [0.5, 0.6) is 0 Å². The Bertz CT molecular complexity index is 490. The molecule has 0 aliphatic carbocycles. The Morgan fingerprint density at radius 2 is 2.10 bits per heavy atom. The van der Waals surface area contributed by atoms with Gasteiger partial charge in [0.1, 0.15) is 11.9 Å². The molecule has 2 N–H and O–H groups in total. The molecule has 0 aromatic carbocycles. The molecule has 1 fully saturated rings. The van der Waals surface area contributed by atoms with Crippen molar-refractivity contribution in [3.63, 3.8) is 0 Å². The molecule has 2 heterocycles. The van der Waals surface area contributed by atoms with Crippen molar-refractivity contribution >= 4 is 6.09 Å². The number of likely N-dealkylation sites (tertiary alicyclic amines) is 1. The van der Waals surface area contributed by atoms with Crippen molar-refractivity contribution in [1.29, 1.82) is 0 Å². The van der Waals surface area contributed by atoms with Crippen molar-refractivity contribution in [2.24, 2.45) is 0 Å². The quantitative estimate of drug-likeness (QED) is 0.875. The highest BCUT2D eigenvalue weighted by atomic mass is 19.4. The highest BCUT2D eigenvalue weighted by Crippen LogP contribution is 2.29. The van der Waals surface area contributed by atoms with E-state index in [-0.39, 0.29) is 6.42 Å². The molecule has 2 atom stereocenters. The van der Waals surface area contributed by atoms with Crippen molar-refractivity contribution in [3.8, 4) is 0 Å². The summed E-state index contributed by atoms with van der Waals surface area (Å²) in [6.45, 7) is 0. The third-order valence-electron chi connectivity index (χ3n) is 3.28. The first kappa shape index (κ1) is 14.6. The minimum absolute atomic E-state index is 0.231. The van der Waals surface area contributed by atoms with Gasteiger partial charge in [0.15, 0.2) is 0 Å². The van der Waals surface area contributed by atoms with Gasteiger partial charge in [-0.3, -0.25) is 9.88 Å². The number of halogens is 3. The van der Waals surface area contributed by atoms with Gasteiger partial charge in [-0.05, 0) is 30.9 Å². The van der Waals surface area contributed by atoms with Crippen LogP contribution in [-0.2, 0) is 12.6 Å². The van der Waals surface area contributed by atoms with Gasteiger partial charge in [-0.1, -0.05) is 6.07 Å². The highest BCUT2D eigenvalue weighted by molar-refractivity contribution is 5.66. The van der Waals surface area contributed by atoms with Crippen molar-refractivity contribution in [2.75, 3.05) is 0 Å². The monoisotopic (exact) mass is 290 g/mol. The predicted octanol–water partition coefficient (Wildman–Crippen LogP) is 2.10. The Balaban J connectivity index is 2.09. The number of aliphatic hydroxyl groups excluding tert-OH is 1. The fourth-order valence-corrected chi connectivity index (χ4v) is 2.33. The van der Waals surface area contributed by atoms with Crippen LogP contribution in [0.2, 0.25) is 0 Å². The SMILES string of the molecule is O=C(O)N1C(O)CCC1Cc1ccc(C(F)(F)F)nc1. The molecule has 2 unspecified atom stereocenters. The third-order valence-corrected chi connectivity index (χ3v) is 3.28. The van der Waals surface area contributed by atoms with Crippen molar-refractivity contribution in [2.45, 2.75) is 37.7 Å². The van der Waals surface area contributed by atoms with Crippen molar-refractivity contribution < 1.29 is 28.2 Å². The number of aromatic nitrogens is 1. The lowest BCUT2D eigenvalue weighted by Gasteiger charge is -2.24. The van der Waals surface area contributed by atoms with E-state index in [1.807, 2.05) is 0 Å². The van der Waals surface area contributed by atoms with Crippen LogP contribution in [0, 0.1) is 0 Å². The molecule has 2 rings (SSSR count). The number of hydrogen-bond donors (Lipinski definition) is 2. The third kappa shape index (κ3) is 3.01. The number of aliphatic hydroxyl groups is 1. The Hall–Kier alpha value is -1.83. The van der Waals surface area contributed by atoms with E-state index in [2.05, 4.69) is 4.98 Å². The minimum atomic E-state index is -4.49. The molecular weight excluding hydrogens is 277 g/mol. The largest absolute Gasteiger partial charge is 0.465 e. The van der Waals surface area contributed by atoms with Crippen LogP contribution >= 0.6 is 0 Å². The van der Waals surface area contributed by atoms with E-state index in [0.717, 1.165) is 17.2 Å². The molecular formula is C12H13F3N2O3. The van der Waals surface area contributed by atoms with Gasteiger partial charge in [-0.25, -0.2) is 4.79 Å². The molecule has 0 radical (unpaired) electrons. The standard InChI is InChI=1S/C12H13F3N2O3/c13-12(14,15)9-3-1-7(6-16-9)5-8-2-4-10(18)17(8)11(19)20/h1,3,6,8,10,18H,2,4-5H2,(H,19,20). The summed E-state index contributed by atoms with van der Waals surface area (Å²) in [5, 5.41) is 18.5. The Morgan fingerprint density at radius 1 is 1.40 bits per heavy atom. The topological polar surface area (TPSA) is 73.7 Å². The second-order valence-electron chi connectivity index (χ2n) is 4.66. The summed E-state index contributed by atoms with van der Waals surface area (Å²) in [5.74, 6) is 0. The highest BCUT2D eigenvalue weighted by Gasteiger charge is 2.36. The van der Waals surface area contributed by atoms with E-state index in [4.69, 9.17) is 5.11 Å². The smallest absolute Gasteiger partial charge is 0.433 e. The van der Waals surface area contributed by atoms with Crippen LogP contribution < -0.4 is 0 Å². The first-order valence-corrected chi connectivity index (χ1v) is 6.00. The van der Waals surface area contributed by atoms with Crippen molar-refractivity contribution in [3.05, 3.63) is 29.6 Å². The lowest BCUT2D eigenvalue weighted by molar-refractivity contribution is -0.141. The second-order valence-corrected chi connectivity index (χ2v) is 4.66. The molecule has 110 valence electrons. The molecule has 0 spiro atoms. The zero-order chi connectivity index (χ0) is 14.9. The number of carboxylic acid groups (broad SMARTS) is 1. The predicted molar refractivity (Wildman–Crippen MR) is 61.8 cm³/mol. The average Bonchev–Trinajstić information content (AvgIpc) is 2.70. The Morgan fingerprint density at radius 3 is 2.60 bits per heavy atom. The number of hydrogen-bond acceptors (Lipinski definition) is 3. The minimum Gasteiger partial charge on any atom is -0.465 e. The van der Waals surface area contributed by atoms with Gasteiger partial charge in [-0.15, -0.1) is 0 Å². The molecule has 1 amide bonds. The maximum absolute atomic E-state index is 12.4. The lowest BCUT2D eigenvalue weighted by Crippen LogP contribution is -2.41. The summed E-state index contributed by atoms with van der Waals surface area (Å²) < 4.78 is 37.1. The van der Waals surface area contributed by atoms with E-state index >= 15 is 0 Å². The van der Waals surface area contributed by atoms with Crippen LogP contribution in [0.15, 0.2) is 18.3 Å². The number of rotatable bonds is 2. The molecule has 20 heavy (non-hydrogen) atoms. The number of carbonyl (C=O) groups is 1. The van der Waals surface area contributed by atoms with E-state index < -0.39 is 30.2 Å². The van der Waals surface area contributed by atoms with Crippen LogP contribution in [-0.4, -0.2) is 38.5 Å². The number of pyridine rings is 1. The van der Waals surface area contributed by atoms with E-state index in [9.17, 15) is 23.1 Å². The lowest BCUT2D eigenvalue weighted by atomic mass is 10.1.